The van der Waals surface area contributed by atoms with Crippen molar-refractivity contribution in [2.75, 3.05) is 0 Å². The molecule has 0 bridgehead atoms. The van der Waals surface area contributed by atoms with E-state index in [1.165, 1.54) is 12.3 Å². The normalized spacial score (nSPS) is 14.2. The minimum Gasteiger partial charge on any atom is -0.464 e. The van der Waals surface area contributed by atoms with E-state index >= 15 is 0 Å². The Hall–Kier alpha value is -1.83. The molecule has 0 aliphatic heterocycles. The van der Waals surface area contributed by atoms with Gasteiger partial charge in [-0.25, -0.2) is 0 Å². The number of rotatable bonds is 0. The molecular weight excluding hydrogens is 176 g/mol. The molecule has 2 rings (SSSR count). The Bertz CT molecular complexity index is 571. The molecule has 1 heterocycles. The molecule has 1 aromatic rings. The average molecular weight is 186 g/mol. The molecular formula is C12H10O2. The second-order valence-electron chi connectivity index (χ2n) is 3.17. The molecule has 0 amide bonds. The van der Waals surface area contributed by atoms with Crippen molar-refractivity contribution in [3.63, 3.8) is 0 Å². The summed E-state index contributed by atoms with van der Waals surface area (Å²) in [6.07, 6.45) is 10.8. The quantitative estimate of drug-likeness (QED) is 0.597. The van der Waals surface area contributed by atoms with Gasteiger partial charge in [-0.15, -0.1) is 0 Å². The van der Waals surface area contributed by atoms with E-state index in [4.69, 9.17) is 4.42 Å². The molecule has 0 spiro atoms. The highest BCUT2D eigenvalue weighted by molar-refractivity contribution is 5.50. The van der Waals surface area contributed by atoms with E-state index in [1.54, 1.807) is 6.08 Å². The van der Waals surface area contributed by atoms with Crippen LogP contribution in [0, 0.1) is 0 Å². The second kappa shape index (κ2) is 3.50. The Labute approximate surface area is 81.2 Å². The maximum Gasteiger partial charge on any atom is 0.192 e. The van der Waals surface area contributed by atoms with Crippen LogP contribution in [0.15, 0.2) is 45.3 Å². The highest BCUT2D eigenvalue weighted by Gasteiger charge is 1.94. The minimum absolute atomic E-state index is 0.0122. The maximum absolute atomic E-state index is 11.5. The van der Waals surface area contributed by atoms with Gasteiger partial charge in [0.15, 0.2) is 5.43 Å². The summed E-state index contributed by atoms with van der Waals surface area (Å²) < 4.78 is 5.27. The van der Waals surface area contributed by atoms with Crippen molar-refractivity contribution in [1.82, 2.24) is 0 Å². The van der Waals surface area contributed by atoms with Crippen LogP contribution in [0.2, 0.25) is 0 Å². The summed E-state index contributed by atoms with van der Waals surface area (Å²) in [6, 6.07) is 1.43. The van der Waals surface area contributed by atoms with Crippen molar-refractivity contribution in [2.24, 2.45) is 0 Å². The Morgan fingerprint density at radius 1 is 1.21 bits per heavy atom. The summed E-state index contributed by atoms with van der Waals surface area (Å²) in [5.74, 6) is 0. The molecule has 0 N–H and O–H groups in total. The SMILES string of the molecule is CC1=CC=CC=c2c(=O)ccoc2=C1. The zero-order valence-electron chi connectivity index (χ0n) is 7.86. The molecule has 0 saturated carbocycles. The van der Waals surface area contributed by atoms with Crippen LogP contribution in [0.1, 0.15) is 6.92 Å². The molecule has 1 aromatic heterocycles. The molecule has 1 aliphatic rings. The summed E-state index contributed by atoms with van der Waals surface area (Å²) in [7, 11) is 0. The van der Waals surface area contributed by atoms with Gasteiger partial charge >= 0.3 is 0 Å². The van der Waals surface area contributed by atoms with Gasteiger partial charge < -0.3 is 4.42 Å². The van der Waals surface area contributed by atoms with Crippen molar-refractivity contribution in [1.29, 1.82) is 0 Å². The van der Waals surface area contributed by atoms with E-state index in [1.807, 2.05) is 31.2 Å². The van der Waals surface area contributed by atoms with Gasteiger partial charge in [0.2, 0.25) is 0 Å². The highest BCUT2D eigenvalue weighted by atomic mass is 16.3. The van der Waals surface area contributed by atoms with Gasteiger partial charge in [-0.05, 0) is 24.6 Å². The lowest BCUT2D eigenvalue weighted by Crippen LogP contribution is -2.37. The topological polar surface area (TPSA) is 30.2 Å². The lowest BCUT2D eigenvalue weighted by atomic mass is 10.2. The second-order valence-corrected chi connectivity index (χ2v) is 3.17. The zero-order chi connectivity index (χ0) is 9.97. The average Bonchev–Trinajstić information content (AvgIpc) is 2.12. The van der Waals surface area contributed by atoms with Crippen LogP contribution in [-0.4, -0.2) is 0 Å². The van der Waals surface area contributed by atoms with Crippen LogP contribution in [0.4, 0.5) is 0 Å². The smallest absolute Gasteiger partial charge is 0.192 e. The molecule has 2 heteroatoms. The third-order valence-electron chi connectivity index (χ3n) is 2.04. The third-order valence-corrected chi connectivity index (χ3v) is 2.04. The van der Waals surface area contributed by atoms with Crippen LogP contribution < -0.4 is 16.1 Å². The first kappa shape index (κ1) is 8.75. The molecule has 0 fully saturated rings. The molecule has 0 atom stereocenters. The predicted molar refractivity (Wildman–Crippen MR) is 56.1 cm³/mol. The molecule has 1 aliphatic carbocycles. The summed E-state index contributed by atoms with van der Waals surface area (Å²) in [5, 5.41) is 0.608. The van der Waals surface area contributed by atoms with Crippen molar-refractivity contribution in [3.8, 4) is 0 Å². The van der Waals surface area contributed by atoms with Crippen LogP contribution >= 0.6 is 0 Å². The van der Waals surface area contributed by atoms with E-state index < -0.39 is 0 Å². The molecule has 0 radical (unpaired) electrons. The lowest BCUT2D eigenvalue weighted by Gasteiger charge is -1.93. The van der Waals surface area contributed by atoms with Crippen molar-refractivity contribution >= 4 is 12.2 Å². The van der Waals surface area contributed by atoms with E-state index in [9.17, 15) is 4.79 Å². The van der Waals surface area contributed by atoms with Crippen molar-refractivity contribution in [3.05, 3.63) is 57.0 Å². The van der Waals surface area contributed by atoms with Crippen LogP contribution in [0.3, 0.4) is 0 Å². The summed E-state index contributed by atoms with van der Waals surface area (Å²) in [6.45, 7) is 1.96. The standard InChI is InChI=1S/C12H10O2/c1-9-4-2-3-5-10-11(13)6-7-14-12(10)8-9/h2-8H,1H3. The van der Waals surface area contributed by atoms with Crippen molar-refractivity contribution < 1.29 is 4.42 Å². The number of fused-ring (bicyclic) bond motifs is 1. The third kappa shape index (κ3) is 1.59. The van der Waals surface area contributed by atoms with E-state index in [2.05, 4.69) is 0 Å². The Kier molecular flexibility index (Phi) is 2.19. The largest absolute Gasteiger partial charge is 0.464 e. The maximum atomic E-state index is 11.5. The van der Waals surface area contributed by atoms with E-state index in [0.717, 1.165) is 5.57 Å². The van der Waals surface area contributed by atoms with Gasteiger partial charge in [-0.2, -0.15) is 0 Å². The van der Waals surface area contributed by atoms with Gasteiger partial charge in [0.1, 0.15) is 5.42 Å². The van der Waals surface area contributed by atoms with Gasteiger partial charge in [-0.1, -0.05) is 18.2 Å². The fourth-order valence-corrected chi connectivity index (χ4v) is 1.33. The first-order valence-electron chi connectivity index (χ1n) is 4.42. The van der Waals surface area contributed by atoms with E-state index in [-0.39, 0.29) is 5.43 Å². The Balaban J connectivity index is 2.93. The fourth-order valence-electron chi connectivity index (χ4n) is 1.33. The van der Waals surface area contributed by atoms with Crippen LogP contribution in [-0.2, 0) is 0 Å². The van der Waals surface area contributed by atoms with Crippen molar-refractivity contribution in [2.45, 2.75) is 6.92 Å². The fraction of sp³-hybridized carbons (Fsp3) is 0.0833. The number of hydrogen-bond donors (Lipinski definition) is 0. The molecule has 2 nitrogen and oxygen atoms in total. The number of allylic oxidation sites excluding steroid dienone is 4. The van der Waals surface area contributed by atoms with E-state index in [0.29, 0.717) is 10.6 Å². The Morgan fingerprint density at radius 3 is 2.86 bits per heavy atom. The lowest BCUT2D eigenvalue weighted by molar-refractivity contribution is 0.508. The van der Waals surface area contributed by atoms with Gasteiger partial charge in [0.05, 0.1) is 11.5 Å². The predicted octanol–water partition coefficient (Wildman–Crippen LogP) is 0.717. The minimum atomic E-state index is -0.0122. The summed E-state index contributed by atoms with van der Waals surface area (Å²) in [5.41, 5.74) is 1.67. The molecule has 70 valence electrons. The highest BCUT2D eigenvalue weighted by Crippen LogP contribution is 1.95. The zero-order valence-corrected chi connectivity index (χ0v) is 7.86. The first-order valence-corrected chi connectivity index (χ1v) is 4.42. The molecule has 0 saturated heterocycles. The number of hydrogen-bond acceptors (Lipinski definition) is 2. The monoisotopic (exact) mass is 186 g/mol. The Morgan fingerprint density at radius 2 is 2.00 bits per heavy atom. The van der Waals surface area contributed by atoms with Gasteiger partial charge in [0, 0.05) is 6.07 Å². The summed E-state index contributed by atoms with van der Waals surface area (Å²) >= 11 is 0. The van der Waals surface area contributed by atoms with Crippen LogP contribution in [0.5, 0.6) is 0 Å². The van der Waals surface area contributed by atoms with Crippen LogP contribution in [0.25, 0.3) is 12.2 Å². The molecule has 0 unspecified atom stereocenters. The molecule has 0 aromatic carbocycles. The van der Waals surface area contributed by atoms with Gasteiger partial charge in [-0.3, -0.25) is 4.79 Å². The first-order chi connectivity index (χ1) is 6.77. The summed E-state index contributed by atoms with van der Waals surface area (Å²) in [4.78, 5) is 11.5. The molecule has 14 heavy (non-hydrogen) atoms. The van der Waals surface area contributed by atoms with Gasteiger partial charge in [0.25, 0.3) is 0 Å².